The number of nitrogens with two attached hydrogens (primary N) is 1. The molecule has 0 radical (unpaired) electrons. The Morgan fingerprint density at radius 3 is 2.24 bits per heavy atom. The Balaban J connectivity index is 3.95. The Kier molecular flexibility index (Phi) is 5.91. The molecule has 0 aromatic heterocycles. The molecule has 0 bridgehead atoms. The first-order chi connectivity index (χ1) is 7.59. The van der Waals surface area contributed by atoms with E-state index in [1.54, 1.807) is 0 Å². The van der Waals surface area contributed by atoms with Crippen molar-refractivity contribution in [3.63, 3.8) is 0 Å². The third-order valence-electron chi connectivity index (χ3n) is 1.92. The lowest BCUT2D eigenvalue weighted by Crippen LogP contribution is -2.58. The highest BCUT2D eigenvalue weighted by atomic mass is 19.4. The molecule has 0 aromatic carbocycles. The van der Waals surface area contributed by atoms with Gasteiger partial charge in [-0.05, 0) is 12.8 Å². The summed E-state index contributed by atoms with van der Waals surface area (Å²) in [4.78, 5) is 11.1. The lowest BCUT2D eigenvalue weighted by molar-refractivity contribution is -0.202. The number of esters is 1. The Bertz CT molecular complexity index is 252. The van der Waals surface area contributed by atoms with Gasteiger partial charge in [-0.15, -0.1) is 0 Å². The molecule has 0 fully saturated rings. The van der Waals surface area contributed by atoms with Crippen molar-refractivity contribution in [1.82, 2.24) is 0 Å². The minimum atomic E-state index is -4.83. The zero-order valence-corrected chi connectivity index (χ0v) is 10.1. The first-order valence-electron chi connectivity index (χ1n) is 5.19. The average molecular weight is 257 g/mol. The molecule has 0 saturated carbocycles. The molecule has 17 heavy (non-hydrogen) atoms. The van der Waals surface area contributed by atoms with Crippen LogP contribution in [0.4, 0.5) is 13.2 Å². The maximum atomic E-state index is 12.3. The molecule has 1 unspecified atom stereocenters. The zero-order valence-electron chi connectivity index (χ0n) is 10.1. The van der Waals surface area contributed by atoms with E-state index in [0.29, 0.717) is 19.4 Å². The molecule has 2 N–H and O–H groups in total. The van der Waals surface area contributed by atoms with Crippen molar-refractivity contribution in [2.45, 2.75) is 32.5 Å². The largest absolute Gasteiger partial charge is 0.462 e. The smallest absolute Gasteiger partial charge is 0.416 e. The number of carbonyl (C=O) groups excluding carboxylic acids is 1. The maximum absolute atomic E-state index is 12.3. The first kappa shape index (κ1) is 16.2. The number of halogens is 3. The molecule has 4 nitrogen and oxygen atoms in total. The van der Waals surface area contributed by atoms with E-state index in [1.807, 2.05) is 13.8 Å². The number of hydrogen-bond acceptors (Lipinski definition) is 4. The Morgan fingerprint density at radius 2 is 1.82 bits per heavy atom. The molecule has 0 aromatic rings. The molecule has 1 atom stereocenters. The monoisotopic (exact) mass is 257 g/mol. The van der Waals surface area contributed by atoms with Crippen LogP contribution in [0.3, 0.4) is 0 Å². The fraction of sp³-hybridized carbons (Fsp3) is 0.900. The quantitative estimate of drug-likeness (QED) is 0.578. The highest BCUT2D eigenvalue weighted by molar-refractivity contribution is 5.81. The van der Waals surface area contributed by atoms with Gasteiger partial charge in [-0.3, -0.25) is 0 Å². The van der Waals surface area contributed by atoms with Gasteiger partial charge in [-0.1, -0.05) is 13.8 Å². The molecular weight excluding hydrogens is 239 g/mol. The van der Waals surface area contributed by atoms with Crippen LogP contribution in [-0.4, -0.2) is 37.5 Å². The molecule has 0 amide bonds. The van der Waals surface area contributed by atoms with Gasteiger partial charge in [0.25, 0.3) is 0 Å². The molecule has 0 rings (SSSR count). The molecule has 0 aliphatic rings. The van der Waals surface area contributed by atoms with Gasteiger partial charge in [-0.25, -0.2) is 4.79 Å². The first-order valence-corrected chi connectivity index (χ1v) is 5.19. The van der Waals surface area contributed by atoms with E-state index >= 15 is 0 Å². The van der Waals surface area contributed by atoms with Crippen LogP contribution in [0.2, 0.25) is 0 Å². The molecular formula is C10H18F3NO3. The van der Waals surface area contributed by atoms with Crippen LogP contribution >= 0.6 is 0 Å². The van der Waals surface area contributed by atoms with E-state index in [4.69, 9.17) is 10.5 Å². The third kappa shape index (κ3) is 5.36. The Morgan fingerprint density at radius 1 is 1.29 bits per heavy atom. The second-order valence-electron chi connectivity index (χ2n) is 4.30. The van der Waals surface area contributed by atoms with Crippen molar-refractivity contribution in [2.24, 2.45) is 11.7 Å². The fourth-order valence-corrected chi connectivity index (χ4v) is 0.778. The zero-order chi connectivity index (χ0) is 13.7. The minimum Gasteiger partial charge on any atom is -0.462 e. The standard InChI is InChI=1S/C10H18F3NO3/c1-7(2)6-16-4-5-17-8(15)9(3,14)10(11,12)13/h7H,4-6,14H2,1-3H3. The van der Waals surface area contributed by atoms with Crippen molar-refractivity contribution < 1.29 is 27.4 Å². The normalized spacial score (nSPS) is 15.8. The van der Waals surface area contributed by atoms with Gasteiger partial charge in [-0.2, -0.15) is 13.2 Å². The fourth-order valence-electron chi connectivity index (χ4n) is 0.778. The van der Waals surface area contributed by atoms with E-state index in [-0.39, 0.29) is 13.2 Å². The Hall–Kier alpha value is -0.820. The average Bonchev–Trinajstić information content (AvgIpc) is 2.14. The summed E-state index contributed by atoms with van der Waals surface area (Å²) in [5.41, 5.74) is 1.88. The summed E-state index contributed by atoms with van der Waals surface area (Å²) in [5, 5.41) is 0. The van der Waals surface area contributed by atoms with Crippen LogP contribution in [0.25, 0.3) is 0 Å². The van der Waals surface area contributed by atoms with Crippen LogP contribution < -0.4 is 5.73 Å². The summed E-state index contributed by atoms with van der Waals surface area (Å²) in [7, 11) is 0. The summed E-state index contributed by atoms with van der Waals surface area (Å²) < 4.78 is 46.4. The van der Waals surface area contributed by atoms with Crippen LogP contribution in [0, 0.1) is 5.92 Å². The van der Waals surface area contributed by atoms with Crippen LogP contribution in [0.5, 0.6) is 0 Å². The molecule has 0 heterocycles. The van der Waals surface area contributed by atoms with Gasteiger partial charge in [0, 0.05) is 6.61 Å². The highest BCUT2D eigenvalue weighted by Crippen LogP contribution is 2.28. The predicted octanol–water partition coefficient (Wildman–Crippen LogP) is 1.48. The lowest BCUT2D eigenvalue weighted by Gasteiger charge is -2.25. The Labute approximate surface area is 98.2 Å². The van der Waals surface area contributed by atoms with Gasteiger partial charge < -0.3 is 15.2 Å². The number of ether oxygens (including phenoxy) is 2. The van der Waals surface area contributed by atoms with Crippen LogP contribution in [0.1, 0.15) is 20.8 Å². The van der Waals surface area contributed by atoms with E-state index in [0.717, 1.165) is 0 Å². The molecule has 7 heteroatoms. The summed E-state index contributed by atoms with van der Waals surface area (Å²) in [5.74, 6) is -1.20. The minimum absolute atomic E-state index is 0.0534. The van der Waals surface area contributed by atoms with Gasteiger partial charge in [0.2, 0.25) is 5.54 Å². The number of alkyl halides is 3. The van der Waals surface area contributed by atoms with Crippen molar-refractivity contribution in [2.75, 3.05) is 19.8 Å². The molecule has 0 spiro atoms. The van der Waals surface area contributed by atoms with E-state index < -0.39 is 17.7 Å². The SMILES string of the molecule is CC(C)COCCOC(=O)C(C)(N)C(F)(F)F. The second kappa shape index (κ2) is 6.20. The maximum Gasteiger partial charge on any atom is 0.416 e. The number of hydrogen-bond donors (Lipinski definition) is 1. The van der Waals surface area contributed by atoms with Crippen molar-refractivity contribution >= 4 is 5.97 Å². The second-order valence-corrected chi connectivity index (χ2v) is 4.30. The van der Waals surface area contributed by atoms with Crippen molar-refractivity contribution in [1.29, 1.82) is 0 Å². The van der Waals surface area contributed by atoms with Gasteiger partial charge >= 0.3 is 12.1 Å². The highest BCUT2D eigenvalue weighted by Gasteiger charge is 2.55. The van der Waals surface area contributed by atoms with E-state index in [1.165, 1.54) is 0 Å². The van der Waals surface area contributed by atoms with E-state index in [9.17, 15) is 18.0 Å². The third-order valence-corrected chi connectivity index (χ3v) is 1.92. The van der Waals surface area contributed by atoms with E-state index in [2.05, 4.69) is 4.74 Å². The summed E-state index contributed by atoms with van der Waals surface area (Å²) in [6.45, 7) is 4.69. The molecule has 0 saturated heterocycles. The van der Waals surface area contributed by atoms with Gasteiger partial charge in [0.15, 0.2) is 0 Å². The van der Waals surface area contributed by atoms with Gasteiger partial charge in [0.05, 0.1) is 6.61 Å². The summed E-state index contributed by atoms with van der Waals surface area (Å²) in [6, 6.07) is 0. The topological polar surface area (TPSA) is 61.5 Å². The van der Waals surface area contributed by atoms with Crippen molar-refractivity contribution in [3.05, 3.63) is 0 Å². The van der Waals surface area contributed by atoms with Crippen LogP contribution in [0.15, 0.2) is 0 Å². The number of carbonyl (C=O) groups is 1. The van der Waals surface area contributed by atoms with Crippen LogP contribution in [-0.2, 0) is 14.3 Å². The molecule has 102 valence electrons. The van der Waals surface area contributed by atoms with Crippen molar-refractivity contribution in [3.8, 4) is 0 Å². The predicted molar refractivity (Wildman–Crippen MR) is 55.3 cm³/mol. The lowest BCUT2D eigenvalue weighted by atomic mass is 10.0. The number of rotatable bonds is 6. The molecule has 0 aliphatic carbocycles. The summed E-state index contributed by atoms with van der Waals surface area (Å²) >= 11 is 0. The molecule has 0 aliphatic heterocycles. The summed E-state index contributed by atoms with van der Waals surface area (Å²) in [6.07, 6.45) is -4.83. The van der Waals surface area contributed by atoms with Gasteiger partial charge in [0.1, 0.15) is 6.61 Å².